The van der Waals surface area contributed by atoms with E-state index in [0.717, 1.165) is 5.56 Å². The van der Waals surface area contributed by atoms with Gasteiger partial charge in [0.15, 0.2) is 12.4 Å². The number of hydrogen-bond donors (Lipinski definition) is 1. The highest BCUT2D eigenvalue weighted by Crippen LogP contribution is 2.10. The first kappa shape index (κ1) is 17.0. The van der Waals surface area contributed by atoms with Crippen molar-refractivity contribution in [1.29, 1.82) is 0 Å². The number of carbonyl (C=O) groups is 2. The number of nitrogens with zero attached hydrogens (tertiary/aromatic N) is 1. The molecule has 0 saturated heterocycles. The minimum atomic E-state index is -0.505. The molecule has 1 amide bonds. The zero-order valence-electron chi connectivity index (χ0n) is 11.9. The van der Waals surface area contributed by atoms with Gasteiger partial charge in [-0.2, -0.15) is 4.57 Å². The van der Waals surface area contributed by atoms with Gasteiger partial charge in [0, 0.05) is 18.6 Å². The summed E-state index contributed by atoms with van der Waals surface area (Å²) in [4.78, 5) is 23.6. The second-order valence-electron chi connectivity index (χ2n) is 4.81. The molecule has 0 fully saturated rings. The zero-order chi connectivity index (χ0) is 14.7. The number of pyridine rings is 1. The van der Waals surface area contributed by atoms with Crippen molar-refractivity contribution in [1.82, 2.24) is 0 Å². The molecular weight excluding hydrogens is 332 g/mol. The van der Waals surface area contributed by atoms with Crippen LogP contribution < -0.4 is 27.3 Å². The van der Waals surface area contributed by atoms with Crippen molar-refractivity contribution >= 4 is 11.7 Å². The maximum Gasteiger partial charge on any atom is 0.254 e. The van der Waals surface area contributed by atoms with Gasteiger partial charge in [0.25, 0.3) is 5.91 Å². The fourth-order valence-electron chi connectivity index (χ4n) is 1.97. The van der Waals surface area contributed by atoms with Gasteiger partial charge in [-0.05, 0) is 13.0 Å². The van der Waals surface area contributed by atoms with Crippen molar-refractivity contribution in [2.45, 2.75) is 19.9 Å². The minimum Gasteiger partial charge on any atom is -1.00 e. The average molecular weight is 349 g/mol. The van der Waals surface area contributed by atoms with Gasteiger partial charge in [0.1, 0.15) is 5.56 Å². The van der Waals surface area contributed by atoms with Crippen molar-refractivity contribution in [3.63, 3.8) is 0 Å². The Bertz CT molecular complexity index is 654. The van der Waals surface area contributed by atoms with E-state index in [2.05, 4.69) is 0 Å². The number of Topliss-reactive ketones (excluding diaryl/α,β-unsaturated/α-hetero) is 1. The van der Waals surface area contributed by atoms with Gasteiger partial charge in [0.05, 0.1) is 0 Å². The maximum absolute atomic E-state index is 12.4. The molecular formula is C16H17BrN2O2. The Kier molecular flexibility index (Phi) is 5.79. The summed E-state index contributed by atoms with van der Waals surface area (Å²) in [6.45, 7) is 3.77. The molecule has 0 aliphatic rings. The van der Waals surface area contributed by atoms with Crippen LogP contribution in [0.2, 0.25) is 0 Å². The van der Waals surface area contributed by atoms with Crippen LogP contribution in [0.15, 0.2) is 48.8 Å². The minimum absolute atomic E-state index is 0. The summed E-state index contributed by atoms with van der Waals surface area (Å²) in [6.07, 6.45) is 3.35. The van der Waals surface area contributed by atoms with Gasteiger partial charge < -0.3 is 22.7 Å². The van der Waals surface area contributed by atoms with E-state index in [1.165, 1.54) is 0 Å². The molecule has 0 spiro atoms. The van der Waals surface area contributed by atoms with Gasteiger partial charge >= 0.3 is 0 Å². The van der Waals surface area contributed by atoms with Crippen molar-refractivity contribution in [3.05, 3.63) is 65.5 Å². The molecule has 2 aromatic rings. The highest BCUT2D eigenvalue weighted by molar-refractivity contribution is 5.97. The van der Waals surface area contributed by atoms with Crippen LogP contribution in [0, 0.1) is 6.92 Å². The van der Waals surface area contributed by atoms with Gasteiger partial charge in [-0.15, -0.1) is 0 Å². The molecule has 1 unspecified atom stereocenters. The number of aryl methyl sites for hydroxylation is 1. The molecule has 2 N–H and O–H groups in total. The number of aromatic nitrogens is 1. The van der Waals surface area contributed by atoms with Crippen molar-refractivity contribution in [2.24, 2.45) is 5.73 Å². The summed E-state index contributed by atoms with van der Waals surface area (Å²) in [5.41, 5.74) is 7.40. The summed E-state index contributed by atoms with van der Waals surface area (Å²) in [6, 6.07) is 10.4. The summed E-state index contributed by atoms with van der Waals surface area (Å²) >= 11 is 0. The highest BCUT2D eigenvalue weighted by atomic mass is 79.9. The molecule has 110 valence electrons. The molecule has 0 radical (unpaired) electrons. The number of hydrogen-bond acceptors (Lipinski definition) is 2. The second kappa shape index (κ2) is 7.13. The maximum atomic E-state index is 12.4. The Morgan fingerprint density at radius 1 is 1.10 bits per heavy atom. The molecule has 2 rings (SSSR count). The standard InChI is InChI=1S/C16H16N2O2.BrH/c1-11-5-7-13(8-6-11)15(19)12(2)18-9-3-4-14(10-18)16(17)20;/h3-10,12H,1-2H3,(H-,17,20);1H. The Balaban J connectivity index is 0.00000220. The monoisotopic (exact) mass is 348 g/mol. The van der Waals surface area contributed by atoms with Crippen LogP contribution in [0.25, 0.3) is 0 Å². The number of amides is 1. The predicted molar refractivity (Wildman–Crippen MR) is 75.4 cm³/mol. The van der Waals surface area contributed by atoms with Crippen LogP contribution in [-0.4, -0.2) is 11.7 Å². The van der Waals surface area contributed by atoms with Crippen LogP contribution >= 0.6 is 0 Å². The summed E-state index contributed by atoms with van der Waals surface area (Å²) < 4.78 is 1.70. The van der Waals surface area contributed by atoms with Crippen molar-refractivity contribution < 1.29 is 31.1 Å². The van der Waals surface area contributed by atoms with Crippen molar-refractivity contribution in [3.8, 4) is 0 Å². The Labute approximate surface area is 134 Å². The number of halogens is 1. The van der Waals surface area contributed by atoms with Gasteiger partial charge in [-0.3, -0.25) is 9.59 Å². The molecule has 5 heteroatoms. The highest BCUT2D eigenvalue weighted by Gasteiger charge is 2.24. The summed E-state index contributed by atoms with van der Waals surface area (Å²) in [7, 11) is 0. The number of rotatable bonds is 4. The first-order chi connectivity index (χ1) is 9.49. The molecule has 21 heavy (non-hydrogen) atoms. The third-order valence-electron chi connectivity index (χ3n) is 3.27. The zero-order valence-corrected chi connectivity index (χ0v) is 13.5. The molecule has 0 bridgehead atoms. The molecule has 4 nitrogen and oxygen atoms in total. The normalized spacial score (nSPS) is 11.3. The third kappa shape index (κ3) is 3.98. The van der Waals surface area contributed by atoms with Crippen LogP contribution in [0.3, 0.4) is 0 Å². The fourth-order valence-corrected chi connectivity index (χ4v) is 1.97. The molecule has 1 heterocycles. The molecule has 0 aliphatic carbocycles. The number of nitrogens with two attached hydrogens (primary N) is 1. The SMILES string of the molecule is Cc1ccc(C(=O)C(C)[n+]2cccc(C(N)=O)c2)cc1.[Br-]. The number of ketones is 1. The Morgan fingerprint density at radius 2 is 1.71 bits per heavy atom. The second-order valence-corrected chi connectivity index (χ2v) is 4.81. The smallest absolute Gasteiger partial charge is 0.254 e. The lowest BCUT2D eigenvalue weighted by molar-refractivity contribution is -0.704. The van der Waals surface area contributed by atoms with Crippen LogP contribution in [0.4, 0.5) is 0 Å². The van der Waals surface area contributed by atoms with E-state index < -0.39 is 11.9 Å². The molecule has 1 aromatic carbocycles. The number of carbonyl (C=O) groups excluding carboxylic acids is 2. The lowest BCUT2D eigenvalue weighted by Gasteiger charge is -2.07. The van der Waals surface area contributed by atoms with E-state index in [4.69, 9.17) is 5.73 Å². The largest absolute Gasteiger partial charge is 1.00 e. The number of benzene rings is 1. The Hall–Kier alpha value is -2.01. The van der Waals surface area contributed by atoms with E-state index in [0.29, 0.717) is 11.1 Å². The molecule has 0 aliphatic heterocycles. The van der Waals surface area contributed by atoms with Gasteiger partial charge in [-0.25, -0.2) is 0 Å². The first-order valence-electron chi connectivity index (χ1n) is 6.40. The lowest BCUT2D eigenvalue weighted by Crippen LogP contribution is -3.00. The van der Waals surface area contributed by atoms with Crippen LogP contribution in [-0.2, 0) is 0 Å². The molecule has 1 aromatic heterocycles. The van der Waals surface area contributed by atoms with Gasteiger partial charge in [-0.1, -0.05) is 29.8 Å². The van der Waals surface area contributed by atoms with Gasteiger partial charge in [0.2, 0.25) is 11.8 Å². The third-order valence-corrected chi connectivity index (χ3v) is 3.27. The topological polar surface area (TPSA) is 64.0 Å². The number of primary amides is 1. The Morgan fingerprint density at radius 3 is 2.29 bits per heavy atom. The molecule has 0 saturated carbocycles. The quantitative estimate of drug-likeness (QED) is 0.559. The van der Waals surface area contributed by atoms with E-state index in [9.17, 15) is 9.59 Å². The van der Waals surface area contributed by atoms with E-state index in [-0.39, 0.29) is 22.8 Å². The first-order valence-corrected chi connectivity index (χ1v) is 6.40. The predicted octanol–water partition coefficient (Wildman–Crippen LogP) is -1.17. The summed E-state index contributed by atoms with van der Waals surface area (Å²) in [5, 5.41) is 0. The summed E-state index contributed by atoms with van der Waals surface area (Å²) in [5.74, 6) is -0.508. The average Bonchev–Trinajstić information content (AvgIpc) is 2.46. The lowest BCUT2D eigenvalue weighted by atomic mass is 10.0. The van der Waals surface area contributed by atoms with Crippen LogP contribution in [0.5, 0.6) is 0 Å². The van der Waals surface area contributed by atoms with E-state index in [1.807, 2.05) is 31.2 Å². The van der Waals surface area contributed by atoms with E-state index in [1.54, 1.807) is 36.0 Å². The van der Waals surface area contributed by atoms with E-state index >= 15 is 0 Å². The van der Waals surface area contributed by atoms with Crippen molar-refractivity contribution in [2.75, 3.05) is 0 Å². The fraction of sp³-hybridized carbons (Fsp3) is 0.188. The molecule has 1 atom stereocenters. The van der Waals surface area contributed by atoms with Crippen LogP contribution in [0.1, 0.15) is 39.2 Å².